The van der Waals surface area contributed by atoms with Gasteiger partial charge in [-0.3, -0.25) is 15.0 Å². The summed E-state index contributed by atoms with van der Waals surface area (Å²) in [5.74, 6) is -0.944. The third-order valence-electron chi connectivity index (χ3n) is 3.05. The molecule has 0 aliphatic carbocycles. The Labute approximate surface area is 119 Å². The minimum Gasteiger partial charge on any atom is -0.288 e. The first kappa shape index (κ1) is 13.1. The maximum Gasteiger partial charge on any atom is 0.274 e. The molecule has 1 aromatic heterocycles. The average Bonchev–Trinajstić information content (AvgIpc) is 2.53. The number of carbonyl (C=O) groups excluding carboxylic acids is 1. The molecule has 0 unspecified atom stereocenters. The molecule has 3 aromatic rings. The second-order valence-corrected chi connectivity index (χ2v) is 4.41. The van der Waals surface area contributed by atoms with Gasteiger partial charge in [0.2, 0.25) is 0 Å². The topological polar surface area (TPSA) is 75.1 Å². The molecule has 104 valence electrons. The van der Waals surface area contributed by atoms with Crippen LogP contribution >= 0.6 is 0 Å². The van der Waals surface area contributed by atoms with Crippen LogP contribution in [-0.2, 0) is 0 Å². The third kappa shape index (κ3) is 2.56. The van der Waals surface area contributed by atoms with Gasteiger partial charge in [0.25, 0.3) is 5.91 Å². The molecule has 2 aromatic carbocycles. The molecule has 2 N–H and O–H groups in total. The summed E-state index contributed by atoms with van der Waals surface area (Å²) in [4.78, 5) is 20.1. The molecule has 0 saturated carbocycles. The Morgan fingerprint density at radius 2 is 1.86 bits per heavy atom. The van der Waals surface area contributed by atoms with Gasteiger partial charge in [0.15, 0.2) is 0 Å². The van der Waals surface area contributed by atoms with E-state index in [0.29, 0.717) is 16.7 Å². The first-order valence-electron chi connectivity index (χ1n) is 6.14. The lowest BCUT2D eigenvalue weighted by atomic mass is 10.1. The van der Waals surface area contributed by atoms with Crippen LogP contribution < -0.4 is 5.48 Å². The van der Waals surface area contributed by atoms with E-state index < -0.39 is 5.91 Å². The van der Waals surface area contributed by atoms with Gasteiger partial charge in [-0.25, -0.2) is 14.9 Å². The van der Waals surface area contributed by atoms with Gasteiger partial charge < -0.3 is 0 Å². The third-order valence-corrected chi connectivity index (χ3v) is 3.05. The van der Waals surface area contributed by atoms with Crippen molar-refractivity contribution in [3.63, 3.8) is 0 Å². The Hall–Kier alpha value is -2.86. The second kappa shape index (κ2) is 5.26. The van der Waals surface area contributed by atoms with Gasteiger partial charge in [-0.1, -0.05) is 0 Å². The molecule has 0 fully saturated rings. The molecule has 0 spiro atoms. The summed E-state index contributed by atoms with van der Waals surface area (Å²) in [7, 11) is 0. The Kier molecular flexibility index (Phi) is 3.29. The highest BCUT2D eigenvalue weighted by Crippen LogP contribution is 2.20. The van der Waals surface area contributed by atoms with E-state index in [4.69, 9.17) is 5.21 Å². The molecule has 1 amide bonds. The first-order valence-corrected chi connectivity index (χ1v) is 6.14. The number of nitrogens with zero attached hydrogens (tertiary/aromatic N) is 2. The van der Waals surface area contributed by atoms with Crippen molar-refractivity contribution in [1.29, 1.82) is 0 Å². The van der Waals surface area contributed by atoms with Gasteiger partial charge in [-0.15, -0.1) is 0 Å². The highest BCUT2D eigenvalue weighted by atomic mass is 19.1. The number of carbonyl (C=O) groups is 1. The van der Waals surface area contributed by atoms with Crippen LogP contribution in [0.5, 0.6) is 0 Å². The smallest absolute Gasteiger partial charge is 0.274 e. The maximum atomic E-state index is 12.9. The van der Waals surface area contributed by atoms with Crippen molar-refractivity contribution in [2.24, 2.45) is 0 Å². The summed E-state index contributed by atoms with van der Waals surface area (Å²) in [6, 6.07) is 10.6. The number of hydrogen-bond acceptors (Lipinski definition) is 4. The number of nitrogens with one attached hydrogen (secondary N) is 1. The molecular formula is C15H10FN3O2. The molecule has 0 atom stereocenters. The van der Waals surface area contributed by atoms with Crippen LogP contribution in [0.25, 0.3) is 22.3 Å². The number of rotatable bonds is 2. The Balaban J connectivity index is 2.09. The fourth-order valence-corrected chi connectivity index (χ4v) is 1.98. The molecule has 3 rings (SSSR count). The van der Waals surface area contributed by atoms with Crippen molar-refractivity contribution < 1.29 is 14.4 Å². The van der Waals surface area contributed by atoms with Crippen LogP contribution in [0.3, 0.4) is 0 Å². The van der Waals surface area contributed by atoms with Gasteiger partial charge in [0, 0.05) is 11.1 Å². The van der Waals surface area contributed by atoms with Crippen molar-refractivity contribution in [3.8, 4) is 11.3 Å². The van der Waals surface area contributed by atoms with Crippen molar-refractivity contribution >= 4 is 16.9 Å². The fourth-order valence-electron chi connectivity index (χ4n) is 1.98. The molecule has 0 radical (unpaired) electrons. The fraction of sp³-hybridized carbons (Fsp3) is 0. The van der Waals surface area contributed by atoms with Crippen LogP contribution in [0.1, 0.15) is 10.4 Å². The number of fused-ring (bicyclic) bond motifs is 1. The molecule has 21 heavy (non-hydrogen) atoms. The first-order chi connectivity index (χ1) is 10.2. The van der Waals surface area contributed by atoms with E-state index >= 15 is 0 Å². The minimum atomic E-state index is -0.620. The van der Waals surface area contributed by atoms with E-state index in [1.54, 1.807) is 35.9 Å². The van der Waals surface area contributed by atoms with Gasteiger partial charge in [0.1, 0.15) is 5.82 Å². The number of aromatic nitrogens is 2. The van der Waals surface area contributed by atoms with E-state index in [1.165, 1.54) is 18.2 Å². The highest BCUT2D eigenvalue weighted by molar-refractivity contribution is 5.96. The zero-order valence-electron chi connectivity index (χ0n) is 10.7. The molecule has 0 saturated heterocycles. The normalized spacial score (nSPS) is 10.6. The predicted octanol–water partition coefficient (Wildman–Crippen LogP) is 2.55. The lowest BCUT2D eigenvalue weighted by molar-refractivity contribution is 0.0706. The summed E-state index contributed by atoms with van der Waals surface area (Å²) in [6.45, 7) is 0. The number of halogens is 1. The van der Waals surface area contributed by atoms with Crippen molar-refractivity contribution in [2.75, 3.05) is 0 Å². The minimum absolute atomic E-state index is 0.274. The Bertz CT molecular complexity index is 819. The van der Waals surface area contributed by atoms with Gasteiger partial charge >= 0.3 is 0 Å². The molecule has 1 heterocycles. The van der Waals surface area contributed by atoms with Gasteiger partial charge in [-0.2, -0.15) is 0 Å². The lowest BCUT2D eigenvalue weighted by Crippen LogP contribution is -2.18. The molecule has 0 aliphatic heterocycles. The van der Waals surface area contributed by atoms with Crippen LogP contribution in [-0.4, -0.2) is 21.1 Å². The van der Waals surface area contributed by atoms with Gasteiger partial charge in [0.05, 0.1) is 22.9 Å². The number of hydrogen-bond donors (Lipinski definition) is 2. The van der Waals surface area contributed by atoms with Crippen molar-refractivity contribution in [3.05, 3.63) is 60.0 Å². The average molecular weight is 283 g/mol. The number of hydroxylamine groups is 1. The van der Waals surface area contributed by atoms with Gasteiger partial charge in [-0.05, 0) is 42.5 Å². The molecule has 0 bridgehead atoms. The standard InChI is InChI=1S/C15H10FN3O2/c16-11-4-1-9(2-5-11)14-8-17-12-6-3-10(15(20)19-21)7-13(12)18-14/h1-8,21H,(H,19,20). The molecule has 6 heteroatoms. The van der Waals surface area contributed by atoms with Crippen LogP contribution in [0, 0.1) is 5.82 Å². The zero-order chi connectivity index (χ0) is 14.8. The van der Waals surface area contributed by atoms with Crippen LogP contribution in [0.4, 0.5) is 4.39 Å². The largest absolute Gasteiger partial charge is 0.288 e. The quantitative estimate of drug-likeness (QED) is 0.560. The Morgan fingerprint density at radius 1 is 1.10 bits per heavy atom. The van der Waals surface area contributed by atoms with E-state index in [0.717, 1.165) is 5.56 Å². The summed E-state index contributed by atoms with van der Waals surface area (Å²) >= 11 is 0. The Morgan fingerprint density at radius 3 is 2.57 bits per heavy atom. The molecule has 5 nitrogen and oxygen atoms in total. The summed E-state index contributed by atoms with van der Waals surface area (Å²) < 4.78 is 12.9. The molecular weight excluding hydrogens is 273 g/mol. The van der Waals surface area contributed by atoms with Crippen molar-refractivity contribution in [2.45, 2.75) is 0 Å². The van der Waals surface area contributed by atoms with Crippen LogP contribution in [0.2, 0.25) is 0 Å². The monoisotopic (exact) mass is 283 g/mol. The number of amides is 1. The highest BCUT2D eigenvalue weighted by Gasteiger charge is 2.08. The maximum absolute atomic E-state index is 12.9. The summed E-state index contributed by atoms with van der Waals surface area (Å²) in [5.41, 5.74) is 4.27. The van der Waals surface area contributed by atoms with E-state index in [-0.39, 0.29) is 11.4 Å². The van der Waals surface area contributed by atoms with Crippen molar-refractivity contribution in [1.82, 2.24) is 15.4 Å². The van der Waals surface area contributed by atoms with E-state index in [9.17, 15) is 9.18 Å². The summed E-state index contributed by atoms with van der Waals surface area (Å²) in [5, 5.41) is 8.65. The second-order valence-electron chi connectivity index (χ2n) is 4.41. The zero-order valence-corrected chi connectivity index (χ0v) is 10.7. The van der Waals surface area contributed by atoms with E-state index in [2.05, 4.69) is 9.97 Å². The SMILES string of the molecule is O=C(NO)c1ccc2ncc(-c3ccc(F)cc3)nc2c1. The number of benzene rings is 2. The van der Waals surface area contributed by atoms with Crippen LogP contribution in [0.15, 0.2) is 48.7 Å². The lowest BCUT2D eigenvalue weighted by Gasteiger charge is -2.04. The predicted molar refractivity (Wildman–Crippen MR) is 74.2 cm³/mol. The molecule has 0 aliphatic rings. The van der Waals surface area contributed by atoms with E-state index in [1.807, 2.05) is 0 Å². The summed E-state index contributed by atoms with van der Waals surface area (Å²) in [6.07, 6.45) is 1.58.